The first-order chi connectivity index (χ1) is 12.4. The zero-order chi connectivity index (χ0) is 20.1. The molecule has 2 N–H and O–H groups in total. The highest BCUT2D eigenvalue weighted by atomic mass is 19.4. The third-order valence-corrected chi connectivity index (χ3v) is 4.84. The van der Waals surface area contributed by atoms with Crippen LogP contribution in [0.25, 0.3) is 10.9 Å². The van der Waals surface area contributed by atoms with Crippen LogP contribution in [0.1, 0.15) is 25.3 Å². The van der Waals surface area contributed by atoms with Gasteiger partial charge >= 0.3 is 12.4 Å². The van der Waals surface area contributed by atoms with Crippen molar-refractivity contribution in [1.29, 1.82) is 0 Å². The molecule has 1 saturated heterocycles. The predicted octanol–water partition coefficient (Wildman–Crippen LogP) is 3.83. The van der Waals surface area contributed by atoms with Crippen molar-refractivity contribution in [2.45, 2.75) is 50.3 Å². The summed E-state index contributed by atoms with van der Waals surface area (Å²) < 4.78 is 78.8. The summed E-state index contributed by atoms with van der Waals surface area (Å²) >= 11 is 0. The lowest BCUT2D eigenvalue weighted by atomic mass is 10.0. The summed E-state index contributed by atoms with van der Waals surface area (Å²) in [5.74, 6) is 0. The van der Waals surface area contributed by atoms with E-state index in [0.29, 0.717) is 12.5 Å². The summed E-state index contributed by atoms with van der Waals surface area (Å²) in [7, 11) is 0. The fourth-order valence-electron chi connectivity index (χ4n) is 3.63. The number of aromatic nitrogens is 1. The second-order valence-electron chi connectivity index (χ2n) is 6.66. The molecule has 1 aliphatic heterocycles. The van der Waals surface area contributed by atoms with E-state index in [-0.39, 0.29) is 23.0 Å². The van der Waals surface area contributed by atoms with Crippen molar-refractivity contribution >= 4 is 16.6 Å². The van der Waals surface area contributed by atoms with Gasteiger partial charge in [0.2, 0.25) is 5.56 Å². The van der Waals surface area contributed by atoms with Crippen LogP contribution in [-0.4, -0.2) is 34.5 Å². The van der Waals surface area contributed by atoms with Crippen LogP contribution in [0.2, 0.25) is 0 Å². The van der Waals surface area contributed by atoms with Crippen molar-refractivity contribution in [2.24, 2.45) is 0 Å². The number of nitrogens with one attached hydrogen (secondary N) is 1. The third kappa shape index (κ3) is 3.62. The van der Waals surface area contributed by atoms with E-state index >= 15 is 0 Å². The lowest BCUT2D eigenvalue weighted by molar-refractivity contribution is -0.209. The minimum atomic E-state index is -4.84. The van der Waals surface area contributed by atoms with E-state index in [4.69, 9.17) is 0 Å². The van der Waals surface area contributed by atoms with Gasteiger partial charge in [-0.15, -0.1) is 0 Å². The van der Waals surface area contributed by atoms with Gasteiger partial charge in [-0.25, -0.2) is 0 Å². The van der Waals surface area contributed by atoms with Crippen LogP contribution < -0.4 is 10.5 Å². The molecule has 2 aromatic rings. The Labute approximate surface area is 149 Å². The first-order valence-electron chi connectivity index (χ1n) is 8.17. The number of aliphatic hydroxyl groups excluding tert-OH is 1. The Kier molecular flexibility index (Phi) is 4.65. The van der Waals surface area contributed by atoms with Gasteiger partial charge in [0.1, 0.15) is 0 Å². The number of alkyl halides is 6. The Hall–Kier alpha value is -2.23. The highest BCUT2D eigenvalue weighted by molar-refractivity contribution is 5.86. The Morgan fingerprint density at radius 2 is 1.81 bits per heavy atom. The number of fused-ring (bicyclic) bond motifs is 1. The van der Waals surface area contributed by atoms with Crippen molar-refractivity contribution in [3.8, 4) is 0 Å². The number of hydrogen-bond acceptors (Lipinski definition) is 3. The molecule has 0 bridgehead atoms. The average Bonchev–Trinajstić information content (AvgIpc) is 2.92. The molecule has 0 radical (unpaired) electrons. The topological polar surface area (TPSA) is 56.3 Å². The quantitative estimate of drug-likeness (QED) is 0.762. The van der Waals surface area contributed by atoms with Gasteiger partial charge in [-0.1, -0.05) is 0 Å². The van der Waals surface area contributed by atoms with Crippen LogP contribution in [0.4, 0.5) is 32.0 Å². The van der Waals surface area contributed by atoms with E-state index in [0.717, 1.165) is 6.07 Å². The van der Waals surface area contributed by atoms with Gasteiger partial charge in [-0.3, -0.25) is 4.79 Å². The summed E-state index contributed by atoms with van der Waals surface area (Å²) in [5, 5.41) is 9.35. The molecular formula is C17H16F6N2O2. The highest BCUT2D eigenvalue weighted by Gasteiger charge is 2.48. The van der Waals surface area contributed by atoms with Crippen LogP contribution in [0.5, 0.6) is 0 Å². The van der Waals surface area contributed by atoms with Gasteiger partial charge in [-0.05, 0) is 38.0 Å². The predicted molar refractivity (Wildman–Crippen MR) is 86.6 cm³/mol. The lowest BCUT2D eigenvalue weighted by Gasteiger charge is -2.34. The summed E-state index contributed by atoms with van der Waals surface area (Å²) in [5.41, 5.74) is -2.04. The van der Waals surface area contributed by atoms with E-state index in [1.807, 2.05) is 0 Å². The molecule has 0 unspecified atom stereocenters. The first-order valence-corrected chi connectivity index (χ1v) is 8.17. The number of aromatic amines is 1. The van der Waals surface area contributed by atoms with Crippen LogP contribution in [-0.2, 0) is 6.18 Å². The molecule has 10 heteroatoms. The number of halogens is 6. The maximum atomic E-state index is 13.3. The maximum absolute atomic E-state index is 13.3. The van der Waals surface area contributed by atoms with E-state index in [9.17, 15) is 36.2 Å². The molecule has 3 rings (SSSR count). The molecule has 4 nitrogen and oxygen atoms in total. The fraction of sp³-hybridized carbons (Fsp3) is 0.471. The lowest BCUT2D eigenvalue weighted by Crippen LogP contribution is -2.48. The number of rotatable bonds is 2. The SMILES string of the molecule is C[C@@H]1CC[C@H]([C@H](O)C(F)(F)F)N1c1ccc2[nH]c(=O)cc(C(F)(F)F)c2c1. The Bertz CT molecular complexity index is 905. The Morgan fingerprint density at radius 1 is 1.15 bits per heavy atom. The van der Waals surface area contributed by atoms with Crippen LogP contribution in [0.3, 0.4) is 0 Å². The molecular weight excluding hydrogens is 378 g/mol. The van der Waals surface area contributed by atoms with Gasteiger partial charge in [0, 0.05) is 28.7 Å². The normalized spacial score (nSPS) is 22.4. The molecule has 1 aromatic carbocycles. The van der Waals surface area contributed by atoms with Crippen molar-refractivity contribution in [1.82, 2.24) is 4.98 Å². The van der Waals surface area contributed by atoms with Crippen molar-refractivity contribution in [2.75, 3.05) is 4.90 Å². The standard InChI is InChI=1S/C17H16F6N2O2/c1-8-2-5-13(15(27)17(21,22)23)25(8)9-3-4-12-10(6-9)11(16(18,19)20)7-14(26)24-12/h3-4,6-8,13,15,27H,2,5H2,1H3,(H,24,26)/t8-,13-,15+/m1/s1. The number of pyridine rings is 1. The molecule has 27 heavy (non-hydrogen) atoms. The number of aliphatic hydroxyl groups is 1. The Morgan fingerprint density at radius 3 is 2.41 bits per heavy atom. The van der Waals surface area contributed by atoms with Gasteiger partial charge < -0.3 is 15.0 Å². The van der Waals surface area contributed by atoms with E-state index in [1.165, 1.54) is 17.0 Å². The number of H-pyrrole nitrogens is 1. The maximum Gasteiger partial charge on any atom is 0.417 e. The Balaban J connectivity index is 2.13. The summed E-state index contributed by atoms with van der Waals surface area (Å²) in [6.45, 7) is 1.64. The summed E-state index contributed by atoms with van der Waals surface area (Å²) in [6, 6.07) is 2.39. The van der Waals surface area contributed by atoms with E-state index < -0.39 is 41.7 Å². The minimum absolute atomic E-state index is 0.0532. The first kappa shape index (κ1) is 19.5. The van der Waals surface area contributed by atoms with Crippen molar-refractivity contribution in [3.05, 3.63) is 40.2 Å². The molecule has 148 valence electrons. The number of nitrogens with zero attached hydrogens (tertiary/aromatic N) is 1. The minimum Gasteiger partial charge on any atom is -0.382 e. The molecule has 1 aromatic heterocycles. The summed E-state index contributed by atoms with van der Waals surface area (Å²) in [6.07, 6.45) is -11.8. The zero-order valence-electron chi connectivity index (χ0n) is 14.0. The highest BCUT2D eigenvalue weighted by Crippen LogP contribution is 2.39. The van der Waals surface area contributed by atoms with Gasteiger partial charge in [0.05, 0.1) is 11.6 Å². The second-order valence-corrected chi connectivity index (χ2v) is 6.66. The smallest absolute Gasteiger partial charge is 0.382 e. The van der Waals surface area contributed by atoms with E-state index in [1.54, 1.807) is 6.92 Å². The van der Waals surface area contributed by atoms with Gasteiger partial charge in [0.15, 0.2) is 6.10 Å². The summed E-state index contributed by atoms with van der Waals surface area (Å²) in [4.78, 5) is 15.1. The molecule has 3 atom stereocenters. The van der Waals surface area contributed by atoms with Crippen LogP contribution in [0.15, 0.2) is 29.1 Å². The largest absolute Gasteiger partial charge is 0.417 e. The molecule has 0 saturated carbocycles. The monoisotopic (exact) mass is 394 g/mol. The van der Waals surface area contributed by atoms with Crippen molar-refractivity contribution in [3.63, 3.8) is 0 Å². The molecule has 2 heterocycles. The molecule has 0 aliphatic carbocycles. The molecule has 0 spiro atoms. The molecule has 0 amide bonds. The van der Waals surface area contributed by atoms with Crippen LogP contribution in [0, 0.1) is 0 Å². The number of benzene rings is 1. The number of hydrogen-bond donors (Lipinski definition) is 2. The van der Waals surface area contributed by atoms with Crippen LogP contribution >= 0.6 is 0 Å². The second kappa shape index (κ2) is 6.43. The fourth-order valence-corrected chi connectivity index (χ4v) is 3.63. The van der Waals surface area contributed by atoms with Gasteiger partial charge in [-0.2, -0.15) is 26.3 Å². The zero-order valence-corrected chi connectivity index (χ0v) is 14.0. The van der Waals surface area contributed by atoms with E-state index in [2.05, 4.69) is 4.98 Å². The average molecular weight is 394 g/mol. The van der Waals surface area contributed by atoms with Crippen molar-refractivity contribution < 1.29 is 31.4 Å². The number of anilines is 1. The van der Waals surface area contributed by atoms with Gasteiger partial charge in [0.25, 0.3) is 0 Å². The molecule has 1 fully saturated rings. The third-order valence-electron chi connectivity index (χ3n) is 4.84. The molecule has 1 aliphatic rings.